The number of rotatable bonds is 9. The number of esters is 2. The van der Waals surface area contributed by atoms with Gasteiger partial charge in [0.05, 0.1) is 18.8 Å². The molecule has 0 spiro atoms. The molecular weight excluding hydrogens is 350 g/mol. The average Bonchev–Trinajstić information content (AvgIpc) is 2.67. The van der Waals surface area contributed by atoms with E-state index in [0.29, 0.717) is 17.4 Å². The summed E-state index contributed by atoms with van der Waals surface area (Å²) in [5.74, 6) is -1.16. The van der Waals surface area contributed by atoms with Crippen LogP contribution >= 0.6 is 0 Å². The summed E-state index contributed by atoms with van der Waals surface area (Å²) in [4.78, 5) is 37.3. The third-order valence-electron chi connectivity index (χ3n) is 4.01. The van der Waals surface area contributed by atoms with E-state index in [0.717, 1.165) is 30.9 Å². The van der Waals surface area contributed by atoms with Crippen molar-refractivity contribution in [2.75, 3.05) is 31.2 Å². The fourth-order valence-corrected chi connectivity index (χ4v) is 2.64. The lowest BCUT2D eigenvalue weighted by atomic mass is 10.1. The SMILES string of the molecule is C=CC(=O)OCCCOC(=O)c1cc(=O)oc2cc(N(CC)CC)ccc12. The molecule has 0 atom stereocenters. The van der Waals surface area contributed by atoms with E-state index in [1.807, 2.05) is 19.9 Å². The van der Waals surface area contributed by atoms with Crippen LogP contribution in [-0.2, 0) is 14.3 Å². The van der Waals surface area contributed by atoms with Crippen LogP contribution in [-0.4, -0.2) is 38.2 Å². The van der Waals surface area contributed by atoms with Gasteiger partial charge in [-0.2, -0.15) is 0 Å². The summed E-state index contributed by atoms with van der Waals surface area (Å²) in [6, 6.07) is 6.49. The van der Waals surface area contributed by atoms with Gasteiger partial charge < -0.3 is 18.8 Å². The standard InChI is InChI=1S/C20H23NO6/c1-4-18(22)25-10-7-11-26-20(24)16-13-19(23)27-17-12-14(8-9-15(16)17)21(5-2)6-3/h4,8-9,12-13H,1,5-7,10-11H2,2-3H3. The highest BCUT2D eigenvalue weighted by Crippen LogP contribution is 2.24. The Morgan fingerprint density at radius 3 is 2.52 bits per heavy atom. The monoisotopic (exact) mass is 373 g/mol. The van der Waals surface area contributed by atoms with Gasteiger partial charge in [-0.1, -0.05) is 6.58 Å². The summed E-state index contributed by atoms with van der Waals surface area (Å²) in [7, 11) is 0. The van der Waals surface area contributed by atoms with Gasteiger partial charge >= 0.3 is 17.6 Å². The molecule has 0 N–H and O–H groups in total. The minimum atomic E-state index is -0.626. The molecule has 0 saturated carbocycles. The topological polar surface area (TPSA) is 86.0 Å². The molecule has 0 fully saturated rings. The second kappa shape index (κ2) is 9.56. The zero-order valence-electron chi connectivity index (χ0n) is 15.5. The maximum atomic E-state index is 12.4. The number of carbonyl (C=O) groups excluding carboxylic acids is 2. The molecule has 0 bridgehead atoms. The highest BCUT2D eigenvalue weighted by atomic mass is 16.5. The van der Waals surface area contributed by atoms with Gasteiger partial charge in [-0.3, -0.25) is 0 Å². The Bertz CT molecular complexity index is 882. The smallest absolute Gasteiger partial charge is 0.339 e. The Kier molecular flexibility index (Phi) is 7.16. The fraction of sp³-hybridized carbons (Fsp3) is 0.350. The number of nitrogens with zero attached hydrogens (tertiary/aromatic N) is 1. The zero-order valence-corrected chi connectivity index (χ0v) is 15.5. The predicted octanol–water partition coefficient (Wildman–Crippen LogP) is 2.92. The van der Waals surface area contributed by atoms with E-state index in [2.05, 4.69) is 11.5 Å². The van der Waals surface area contributed by atoms with Crippen LogP contribution in [0.4, 0.5) is 5.69 Å². The maximum absolute atomic E-state index is 12.4. The van der Waals surface area contributed by atoms with Crippen molar-refractivity contribution in [1.82, 2.24) is 0 Å². The van der Waals surface area contributed by atoms with Gasteiger partial charge in [0.2, 0.25) is 0 Å². The first kappa shape index (κ1) is 20.2. The van der Waals surface area contributed by atoms with E-state index in [1.54, 1.807) is 12.1 Å². The van der Waals surface area contributed by atoms with E-state index >= 15 is 0 Å². The highest BCUT2D eigenvalue weighted by Gasteiger charge is 2.16. The van der Waals surface area contributed by atoms with Crippen molar-refractivity contribution in [2.24, 2.45) is 0 Å². The van der Waals surface area contributed by atoms with E-state index in [-0.39, 0.29) is 18.8 Å². The molecule has 2 rings (SSSR count). The molecule has 7 nitrogen and oxygen atoms in total. The number of hydrogen-bond acceptors (Lipinski definition) is 7. The number of ether oxygens (including phenoxy) is 2. The summed E-state index contributed by atoms with van der Waals surface area (Å²) in [5.41, 5.74) is 0.769. The quantitative estimate of drug-likeness (QED) is 0.289. The number of fused-ring (bicyclic) bond motifs is 1. The third-order valence-corrected chi connectivity index (χ3v) is 4.01. The summed E-state index contributed by atoms with van der Waals surface area (Å²) < 4.78 is 15.2. The second-order valence-electron chi connectivity index (χ2n) is 5.69. The summed E-state index contributed by atoms with van der Waals surface area (Å²) in [6.07, 6.45) is 1.41. The van der Waals surface area contributed by atoms with E-state index in [1.165, 1.54) is 0 Å². The Morgan fingerprint density at radius 1 is 1.15 bits per heavy atom. The largest absolute Gasteiger partial charge is 0.462 e. The number of benzene rings is 1. The fourth-order valence-electron chi connectivity index (χ4n) is 2.64. The van der Waals surface area contributed by atoms with Crippen LogP contribution in [0.25, 0.3) is 11.0 Å². The Balaban J connectivity index is 2.15. The summed E-state index contributed by atoms with van der Waals surface area (Å²) in [6.45, 7) is 9.15. The molecule has 0 amide bonds. The molecule has 0 aliphatic rings. The van der Waals surface area contributed by atoms with Gasteiger partial charge in [0.15, 0.2) is 0 Å². The molecule has 0 radical (unpaired) electrons. The van der Waals surface area contributed by atoms with Crippen LogP contribution in [0.15, 0.2) is 46.1 Å². The predicted molar refractivity (Wildman–Crippen MR) is 102 cm³/mol. The van der Waals surface area contributed by atoms with Crippen molar-refractivity contribution in [1.29, 1.82) is 0 Å². The van der Waals surface area contributed by atoms with Gasteiger partial charge in [0, 0.05) is 48.8 Å². The Morgan fingerprint density at radius 2 is 1.85 bits per heavy atom. The first-order valence-corrected chi connectivity index (χ1v) is 8.79. The molecule has 1 heterocycles. The molecule has 0 saturated heterocycles. The van der Waals surface area contributed by atoms with Crippen LogP contribution in [0.5, 0.6) is 0 Å². The van der Waals surface area contributed by atoms with Gasteiger partial charge in [-0.05, 0) is 26.0 Å². The molecule has 1 aromatic carbocycles. The highest BCUT2D eigenvalue weighted by molar-refractivity contribution is 6.03. The van der Waals surface area contributed by atoms with E-state index in [4.69, 9.17) is 13.9 Å². The molecule has 2 aromatic rings. The average molecular weight is 373 g/mol. The molecule has 1 aromatic heterocycles. The lowest BCUT2D eigenvalue weighted by Gasteiger charge is -2.21. The molecule has 0 aliphatic heterocycles. The van der Waals surface area contributed by atoms with Crippen LogP contribution in [0.2, 0.25) is 0 Å². The van der Waals surface area contributed by atoms with Crippen molar-refractivity contribution >= 4 is 28.6 Å². The van der Waals surface area contributed by atoms with Crippen molar-refractivity contribution in [3.8, 4) is 0 Å². The van der Waals surface area contributed by atoms with Crippen molar-refractivity contribution in [3.05, 3.63) is 52.9 Å². The lowest BCUT2D eigenvalue weighted by molar-refractivity contribution is -0.137. The second-order valence-corrected chi connectivity index (χ2v) is 5.69. The van der Waals surface area contributed by atoms with Crippen molar-refractivity contribution in [3.63, 3.8) is 0 Å². The molecule has 27 heavy (non-hydrogen) atoms. The third kappa shape index (κ3) is 5.20. The van der Waals surface area contributed by atoms with Crippen molar-refractivity contribution < 1.29 is 23.5 Å². The van der Waals surface area contributed by atoms with Crippen LogP contribution in [0, 0.1) is 0 Å². The van der Waals surface area contributed by atoms with E-state index in [9.17, 15) is 14.4 Å². The normalized spacial score (nSPS) is 10.4. The number of anilines is 1. The minimum Gasteiger partial charge on any atom is -0.462 e. The van der Waals surface area contributed by atoms with Crippen molar-refractivity contribution in [2.45, 2.75) is 20.3 Å². The Hall–Kier alpha value is -3.09. The molecule has 144 valence electrons. The van der Waals surface area contributed by atoms with Gasteiger partial charge in [0.1, 0.15) is 5.58 Å². The Labute approximate surface area is 157 Å². The first-order chi connectivity index (χ1) is 13.0. The summed E-state index contributed by atoms with van der Waals surface area (Å²) >= 11 is 0. The van der Waals surface area contributed by atoms with E-state index < -0.39 is 17.6 Å². The molecule has 0 aliphatic carbocycles. The van der Waals surface area contributed by atoms with Crippen LogP contribution in [0.3, 0.4) is 0 Å². The van der Waals surface area contributed by atoms with Gasteiger partial charge in [-0.15, -0.1) is 0 Å². The molecule has 7 heteroatoms. The van der Waals surface area contributed by atoms with Gasteiger partial charge in [0.25, 0.3) is 0 Å². The minimum absolute atomic E-state index is 0.0580. The lowest BCUT2D eigenvalue weighted by Crippen LogP contribution is -2.21. The summed E-state index contributed by atoms with van der Waals surface area (Å²) in [5, 5.41) is 0.508. The molecular formula is C20H23NO6. The maximum Gasteiger partial charge on any atom is 0.339 e. The van der Waals surface area contributed by atoms with Gasteiger partial charge in [-0.25, -0.2) is 14.4 Å². The zero-order chi connectivity index (χ0) is 19.8. The number of carbonyl (C=O) groups is 2. The number of hydrogen-bond donors (Lipinski definition) is 0. The first-order valence-electron chi connectivity index (χ1n) is 8.79. The van der Waals surface area contributed by atoms with Crippen LogP contribution in [0.1, 0.15) is 30.6 Å². The molecule has 0 unspecified atom stereocenters. The van der Waals surface area contributed by atoms with Crippen LogP contribution < -0.4 is 10.5 Å².